The lowest BCUT2D eigenvalue weighted by Gasteiger charge is -2.13. The molecular weight excluding hydrogens is 226 g/mol. The second-order valence-corrected chi connectivity index (χ2v) is 4.52. The molecule has 0 unspecified atom stereocenters. The number of hydrogen-bond donors (Lipinski definition) is 1. The molecule has 0 amide bonds. The highest BCUT2D eigenvalue weighted by atomic mass is 32.1. The predicted molar refractivity (Wildman–Crippen MR) is 64.1 cm³/mol. The van der Waals surface area contributed by atoms with Crippen LogP contribution in [-0.2, 0) is 0 Å². The van der Waals surface area contributed by atoms with Crippen LogP contribution in [0.5, 0.6) is 5.75 Å². The number of nitro groups is 1. The number of non-ortho nitro benzene ring substituents is 1. The van der Waals surface area contributed by atoms with Gasteiger partial charge in [0.15, 0.2) is 0 Å². The summed E-state index contributed by atoms with van der Waals surface area (Å²) in [5.74, 6) is 1.37. The van der Waals surface area contributed by atoms with Gasteiger partial charge in [0.2, 0.25) is 0 Å². The SMILES string of the molecule is O=[N+]([O-])c1cccc(OCC2(CS)CC2)c1. The highest BCUT2D eigenvalue weighted by Gasteiger charge is 2.42. The summed E-state index contributed by atoms with van der Waals surface area (Å²) in [6, 6.07) is 6.28. The van der Waals surface area contributed by atoms with Crippen LogP contribution in [0.1, 0.15) is 12.8 Å². The van der Waals surface area contributed by atoms with E-state index < -0.39 is 4.92 Å². The summed E-state index contributed by atoms with van der Waals surface area (Å²) < 4.78 is 5.56. The third kappa shape index (κ3) is 2.47. The topological polar surface area (TPSA) is 52.4 Å². The summed E-state index contributed by atoms with van der Waals surface area (Å²) in [5.41, 5.74) is 0.265. The molecule has 1 fully saturated rings. The van der Waals surface area contributed by atoms with Crippen LogP contribution in [0.15, 0.2) is 24.3 Å². The van der Waals surface area contributed by atoms with Crippen molar-refractivity contribution in [3.8, 4) is 5.75 Å². The van der Waals surface area contributed by atoms with Crippen LogP contribution in [-0.4, -0.2) is 17.3 Å². The van der Waals surface area contributed by atoms with E-state index >= 15 is 0 Å². The van der Waals surface area contributed by atoms with Gasteiger partial charge in [-0.05, 0) is 24.7 Å². The molecule has 0 bridgehead atoms. The standard InChI is InChI=1S/C11H13NO3S/c13-12(14)9-2-1-3-10(6-9)15-7-11(8-16)4-5-11/h1-3,6,16H,4-5,7-8H2. The summed E-state index contributed by atoms with van der Waals surface area (Å²) in [6.45, 7) is 0.595. The van der Waals surface area contributed by atoms with Crippen molar-refractivity contribution < 1.29 is 9.66 Å². The van der Waals surface area contributed by atoms with E-state index in [4.69, 9.17) is 4.74 Å². The van der Waals surface area contributed by atoms with E-state index in [1.165, 1.54) is 12.1 Å². The highest BCUT2D eigenvalue weighted by Crippen LogP contribution is 2.46. The fourth-order valence-corrected chi connectivity index (χ4v) is 1.86. The van der Waals surface area contributed by atoms with E-state index in [1.54, 1.807) is 12.1 Å². The normalized spacial score (nSPS) is 16.8. The molecule has 0 saturated heterocycles. The molecule has 0 radical (unpaired) electrons. The average Bonchev–Trinajstić information content (AvgIpc) is 3.07. The fraction of sp³-hybridized carbons (Fsp3) is 0.455. The lowest BCUT2D eigenvalue weighted by molar-refractivity contribution is -0.384. The van der Waals surface area contributed by atoms with Gasteiger partial charge in [-0.2, -0.15) is 12.6 Å². The van der Waals surface area contributed by atoms with Gasteiger partial charge in [-0.1, -0.05) is 6.07 Å². The Morgan fingerprint density at radius 3 is 2.81 bits per heavy atom. The third-order valence-corrected chi connectivity index (χ3v) is 3.54. The zero-order valence-electron chi connectivity index (χ0n) is 8.76. The Morgan fingerprint density at radius 2 is 2.25 bits per heavy atom. The number of hydrogen-bond acceptors (Lipinski definition) is 4. The van der Waals surface area contributed by atoms with E-state index in [-0.39, 0.29) is 11.1 Å². The van der Waals surface area contributed by atoms with Crippen LogP contribution in [0.25, 0.3) is 0 Å². The van der Waals surface area contributed by atoms with Crippen molar-refractivity contribution in [3.05, 3.63) is 34.4 Å². The first-order valence-corrected chi connectivity index (χ1v) is 5.77. The Hall–Kier alpha value is -1.23. The number of ether oxygens (including phenoxy) is 1. The molecule has 1 aromatic carbocycles. The molecule has 86 valence electrons. The summed E-state index contributed by atoms with van der Waals surface area (Å²) in [5, 5.41) is 10.6. The van der Waals surface area contributed by atoms with Crippen molar-refractivity contribution >= 4 is 18.3 Å². The molecule has 16 heavy (non-hydrogen) atoms. The Kier molecular flexibility index (Phi) is 3.05. The molecule has 1 aliphatic carbocycles. The molecule has 4 nitrogen and oxygen atoms in total. The molecule has 0 spiro atoms. The van der Waals surface area contributed by atoms with Crippen molar-refractivity contribution in [2.45, 2.75) is 12.8 Å². The monoisotopic (exact) mass is 239 g/mol. The van der Waals surface area contributed by atoms with Crippen LogP contribution in [0.4, 0.5) is 5.69 Å². The van der Waals surface area contributed by atoms with E-state index in [1.807, 2.05) is 0 Å². The smallest absolute Gasteiger partial charge is 0.273 e. The van der Waals surface area contributed by atoms with E-state index in [9.17, 15) is 10.1 Å². The summed E-state index contributed by atoms with van der Waals surface area (Å²) in [7, 11) is 0. The van der Waals surface area contributed by atoms with Crippen molar-refractivity contribution in [1.29, 1.82) is 0 Å². The van der Waals surface area contributed by atoms with Gasteiger partial charge in [-0.3, -0.25) is 10.1 Å². The van der Waals surface area contributed by atoms with E-state index in [2.05, 4.69) is 12.6 Å². The Labute approximate surface area is 99.2 Å². The minimum Gasteiger partial charge on any atom is -0.493 e. The Bertz CT molecular complexity index is 404. The van der Waals surface area contributed by atoms with Crippen LogP contribution in [0.3, 0.4) is 0 Å². The van der Waals surface area contributed by atoms with Crippen LogP contribution in [0.2, 0.25) is 0 Å². The van der Waals surface area contributed by atoms with Gasteiger partial charge in [0.05, 0.1) is 17.6 Å². The zero-order chi connectivity index (χ0) is 11.6. The minimum atomic E-state index is -0.418. The molecule has 0 atom stereocenters. The average molecular weight is 239 g/mol. The quantitative estimate of drug-likeness (QED) is 0.488. The minimum absolute atomic E-state index is 0.0632. The zero-order valence-corrected chi connectivity index (χ0v) is 9.65. The maximum absolute atomic E-state index is 10.6. The van der Waals surface area contributed by atoms with Crippen LogP contribution in [0, 0.1) is 15.5 Å². The first-order chi connectivity index (χ1) is 7.65. The maximum atomic E-state index is 10.6. The van der Waals surface area contributed by atoms with E-state index in [0.29, 0.717) is 12.4 Å². The molecule has 0 N–H and O–H groups in total. The van der Waals surface area contributed by atoms with Gasteiger partial charge in [0, 0.05) is 11.5 Å². The molecule has 0 heterocycles. The Morgan fingerprint density at radius 1 is 1.50 bits per heavy atom. The maximum Gasteiger partial charge on any atom is 0.273 e. The van der Waals surface area contributed by atoms with E-state index in [0.717, 1.165) is 18.6 Å². The molecule has 0 aromatic heterocycles. The first kappa shape index (κ1) is 11.3. The second kappa shape index (κ2) is 4.33. The predicted octanol–water partition coefficient (Wildman–Crippen LogP) is 2.68. The third-order valence-electron chi connectivity index (χ3n) is 2.87. The van der Waals surface area contributed by atoms with Gasteiger partial charge in [-0.15, -0.1) is 0 Å². The number of benzene rings is 1. The number of nitro benzene ring substituents is 1. The molecule has 1 aromatic rings. The first-order valence-electron chi connectivity index (χ1n) is 5.13. The van der Waals surface area contributed by atoms with Crippen molar-refractivity contribution in [3.63, 3.8) is 0 Å². The van der Waals surface area contributed by atoms with Crippen LogP contribution < -0.4 is 4.74 Å². The molecule has 1 aliphatic rings. The van der Waals surface area contributed by atoms with Gasteiger partial charge in [-0.25, -0.2) is 0 Å². The van der Waals surface area contributed by atoms with Crippen LogP contribution >= 0.6 is 12.6 Å². The van der Waals surface area contributed by atoms with Gasteiger partial charge < -0.3 is 4.74 Å². The van der Waals surface area contributed by atoms with Gasteiger partial charge in [0.25, 0.3) is 5.69 Å². The summed E-state index contributed by atoms with van der Waals surface area (Å²) >= 11 is 4.27. The molecule has 0 aliphatic heterocycles. The lowest BCUT2D eigenvalue weighted by Crippen LogP contribution is -2.14. The van der Waals surface area contributed by atoms with Crippen molar-refractivity contribution in [1.82, 2.24) is 0 Å². The second-order valence-electron chi connectivity index (χ2n) is 4.20. The molecule has 1 saturated carbocycles. The number of nitrogens with zero attached hydrogens (tertiary/aromatic N) is 1. The summed E-state index contributed by atoms with van der Waals surface area (Å²) in [4.78, 5) is 10.1. The molecular formula is C11H13NO3S. The molecule has 2 rings (SSSR count). The lowest BCUT2D eigenvalue weighted by atomic mass is 10.2. The number of rotatable bonds is 5. The molecule has 5 heteroatoms. The van der Waals surface area contributed by atoms with Gasteiger partial charge >= 0.3 is 0 Å². The van der Waals surface area contributed by atoms with Crippen molar-refractivity contribution in [2.24, 2.45) is 5.41 Å². The largest absolute Gasteiger partial charge is 0.493 e. The van der Waals surface area contributed by atoms with Gasteiger partial charge in [0.1, 0.15) is 5.75 Å². The Balaban J connectivity index is 1.99. The fourth-order valence-electron chi connectivity index (χ4n) is 1.45. The highest BCUT2D eigenvalue weighted by molar-refractivity contribution is 7.80. The van der Waals surface area contributed by atoms with Crippen molar-refractivity contribution in [2.75, 3.05) is 12.4 Å². The summed E-state index contributed by atoms with van der Waals surface area (Å²) in [6.07, 6.45) is 2.26. The number of thiol groups is 1.